The monoisotopic (exact) mass is 399 g/mol. The maximum atomic E-state index is 11.6. The van der Waals surface area contributed by atoms with Gasteiger partial charge in [0.15, 0.2) is 5.75 Å². The highest BCUT2D eigenvalue weighted by Gasteiger charge is 2.32. The van der Waals surface area contributed by atoms with Gasteiger partial charge in [0.25, 0.3) is 0 Å². The van der Waals surface area contributed by atoms with Crippen molar-refractivity contribution in [2.45, 2.75) is 13.8 Å². The van der Waals surface area contributed by atoms with E-state index in [4.69, 9.17) is 21.7 Å². The van der Waals surface area contributed by atoms with Gasteiger partial charge in [0, 0.05) is 38.7 Å². The summed E-state index contributed by atoms with van der Waals surface area (Å²) in [4.78, 5) is 32.3. The number of carbonyl (C=O) groups excluding carboxylic acids is 1. The van der Waals surface area contributed by atoms with Crippen molar-refractivity contribution in [2.24, 2.45) is 0 Å². The first-order valence-corrected chi connectivity index (χ1v) is 9.15. The van der Waals surface area contributed by atoms with Crippen LogP contribution in [0.5, 0.6) is 11.8 Å². The molecule has 0 radical (unpaired) electrons. The number of fused-ring (bicyclic) bond motifs is 1. The number of halogens is 1. The van der Waals surface area contributed by atoms with Crippen molar-refractivity contribution >= 4 is 34.6 Å². The van der Waals surface area contributed by atoms with E-state index in [9.17, 15) is 4.79 Å². The minimum absolute atomic E-state index is 0.0570. The standard InChI is InChI=1S/C18H18ClN7O2/c1-10-13-16(15(20)14(10)19)23-18(28-12-7-21-9-22-8-12)24-17(13)26-5-3-25(4-6-26)11(2)27/h7-9,20H,3-6H2,1-2H3. The predicted molar refractivity (Wildman–Crippen MR) is 104 cm³/mol. The molecule has 1 aliphatic heterocycles. The molecule has 0 atom stereocenters. The van der Waals surface area contributed by atoms with E-state index in [0.717, 1.165) is 11.1 Å². The van der Waals surface area contributed by atoms with E-state index in [-0.39, 0.29) is 17.6 Å². The molecule has 10 heteroatoms. The van der Waals surface area contributed by atoms with Crippen LogP contribution in [0.3, 0.4) is 0 Å². The molecular formula is C18H18ClN7O2. The lowest BCUT2D eigenvalue weighted by atomic mass is 10.1. The molecule has 3 heterocycles. The smallest absolute Gasteiger partial charge is 0.324 e. The number of aromatic nitrogens is 4. The molecule has 1 aliphatic carbocycles. The van der Waals surface area contributed by atoms with Crippen LogP contribution in [0, 0.1) is 5.41 Å². The number of hydrogen-bond donors (Lipinski definition) is 1. The second-order valence-electron chi connectivity index (χ2n) is 6.54. The van der Waals surface area contributed by atoms with Gasteiger partial charge in [0.1, 0.15) is 17.8 Å². The first kappa shape index (κ1) is 18.3. The third-order valence-corrected chi connectivity index (χ3v) is 5.27. The Morgan fingerprint density at radius 1 is 1.18 bits per heavy atom. The Labute approximate surface area is 166 Å². The van der Waals surface area contributed by atoms with Gasteiger partial charge in [0.2, 0.25) is 5.91 Å². The van der Waals surface area contributed by atoms with Crippen molar-refractivity contribution < 1.29 is 9.53 Å². The average molecular weight is 400 g/mol. The zero-order valence-corrected chi connectivity index (χ0v) is 16.2. The van der Waals surface area contributed by atoms with Crippen LogP contribution in [0.15, 0.2) is 23.8 Å². The molecule has 1 amide bonds. The van der Waals surface area contributed by atoms with E-state index in [2.05, 4.69) is 24.8 Å². The molecule has 0 unspecified atom stereocenters. The molecule has 1 fully saturated rings. The predicted octanol–water partition coefficient (Wildman–Crippen LogP) is 2.08. The number of hydrogen-bond acceptors (Lipinski definition) is 8. The highest BCUT2D eigenvalue weighted by molar-refractivity contribution is 6.51. The Bertz CT molecular complexity index is 985. The maximum absolute atomic E-state index is 11.6. The molecule has 0 saturated carbocycles. The highest BCUT2D eigenvalue weighted by Crippen LogP contribution is 2.40. The molecule has 0 bridgehead atoms. The number of ether oxygens (including phenoxy) is 1. The number of rotatable bonds is 3. The number of nitrogens with one attached hydrogen (secondary N) is 1. The van der Waals surface area contributed by atoms with Gasteiger partial charge in [-0.05, 0) is 12.5 Å². The van der Waals surface area contributed by atoms with E-state index < -0.39 is 0 Å². The first-order valence-electron chi connectivity index (χ1n) is 8.77. The molecule has 2 aromatic heterocycles. The normalized spacial score (nSPS) is 16.5. The third kappa shape index (κ3) is 3.18. The molecule has 2 aliphatic rings. The van der Waals surface area contributed by atoms with Crippen LogP contribution < -0.4 is 9.64 Å². The van der Waals surface area contributed by atoms with Gasteiger partial charge in [0.05, 0.1) is 23.1 Å². The summed E-state index contributed by atoms with van der Waals surface area (Å²) in [6.45, 7) is 5.87. The Balaban J connectivity index is 1.73. The average Bonchev–Trinajstić information content (AvgIpc) is 2.92. The summed E-state index contributed by atoms with van der Waals surface area (Å²) < 4.78 is 5.72. The Kier molecular flexibility index (Phi) is 4.68. The topological polar surface area (TPSA) is 108 Å². The van der Waals surface area contributed by atoms with Gasteiger partial charge < -0.3 is 14.5 Å². The van der Waals surface area contributed by atoms with Crippen molar-refractivity contribution in [1.82, 2.24) is 24.8 Å². The second-order valence-corrected chi connectivity index (χ2v) is 6.91. The van der Waals surface area contributed by atoms with Gasteiger partial charge in [-0.25, -0.2) is 9.97 Å². The van der Waals surface area contributed by atoms with Crippen molar-refractivity contribution in [2.75, 3.05) is 31.1 Å². The zero-order valence-electron chi connectivity index (χ0n) is 15.4. The zero-order chi connectivity index (χ0) is 19.8. The van der Waals surface area contributed by atoms with Crippen LogP contribution in [0.2, 0.25) is 0 Å². The minimum Gasteiger partial charge on any atom is -0.421 e. The Morgan fingerprint density at radius 2 is 1.86 bits per heavy atom. The van der Waals surface area contributed by atoms with Gasteiger partial charge in [-0.2, -0.15) is 9.97 Å². The minimum atomic E-state index is 0.0570. The van der Waals surface area contributed by atoms with E-state index in [1.807, 2.05) is 6.92 Å². The van der Waals surface area contributed by atoms with Gasteiger partial charge in [-0.3, -0.25) is 10.2 Å². The maximum Gasteiger partial charge on any atom is 0.324 e. The van der Waals surface area contributed by atoms with Crippen LogP contribution in [0.1, 0.15) is 25.1 Å². The number of amides is 1. The van der Waals surface area contributed by atoms with Crippen LogP contribution >= 0.6 is 11.6 Å². The summed E-state index contributed by atoms with van der Waals surface area (Å²) >= 11 is 6.32. The molecule has 1 saturated heterocycles. The van der Waals surface area contributed by atoms with E-state index in [1.165, 1.54) is 18.7 Å². The number of anilines is 1. The van der Waals surface area contributed by atoms with Gasteiger partial charge in [-0.15, -0.1) is 0 Å². The summed E-state index contributed by atoms with van der Waals surface area (Å²) in [5.74, 6) is 1.11. The van der Waals surface area contributed by atoms with E-state index in [0.29, 0.717) is 48.5 Å². The molecule has 0 aromatic carbocycles. The van der Waals surface area contributed by atoms with Crippen LogP contribution in [0.25, 0.3) is 5.57 Å². The molecule has 0 spiro atoms. The Morgan fingerprint density at radius 3 is 2.50 bits per heavy atom. The fourth-order valence-electron chi connectivity index (χ4n) is 3.31. The number of carbonyl (C=O) groups is 1. The number of nitrogens with zero attached hydrogens (tertiary/aromatic N) is 6. The lowest BCUT2D eigenvalue weighted by Gasteiger charge is -2.35. The molecule has 28 heavy (non-hydrogen) atoms. The van der Waals surface area contributed by atoms with Crippen molar-refractivity contribution in [1.29, 1.82) is 5.41 Å². The molecule has 2 aromatic rings. The van der Waals surface area contributed by atoms with E-state index >= 15 is 0 Å². The van der Waals surface area contributed by atoms with E-state index in [1.54, 1.807) is 11.8 Å². The third-order valence-electron chi connectivity index (χ3n) is 4.80. The lowest BCUT2D eigenvalue weighted by Crippen LogP contribution is -2.48. The Hall–Kier alpha value is -3.07. The molecule has 1 N–H and O–H groups in total. The first-order chi connectivity index (χ1) is 13.5. The molecule has 9 nitrogen and oxygen atoms in total. The summed E-state index contributed by atoms with van der Waals surface area (Å²) in [5.41, 5.74) is 2.09. The number of allylic oxidation sites excluding steroid dienone is 2. The van der Waals surface area contributed by atoms with Crippen LogP contribution in [-0.2, 0) is 4.79 Å². The highest BCUT2D eigenvalue weighted by atomic mass is 35.5. The fourth-order valence-corrected chi connectivity index (χ4v) is 3.49. The van der Waals surface area contributed by atoms with Crippen molar-refractivity contribution in [3.05, 3.63) is 35.0 Å². The van der Waals surface area contributed by atoms with Crippen molar-refractivity contribution in [3.8, 4) is 11.8 Å². The number of piperazine rings is 1. The SMILES string of the molecule is CC(=O)N1CCN(c2nc(Oc3cncnc3)nc3c2C(C)=C(Cl)C3=N)CC1. The fraction of sp³-hybridized carbons (Fsp3) is 0.333. The van der Waals surface area contributed by atoms with Crippen LogP contribution in [-0.4, -0.2) is 62.6 Å². The summed E-state index contributed by atoms with van der Waals surface area (Å²) in [5, 5.41) is 8.67. The summed E-state index contributed by atoms with van der Waals surface area (Å²) in [6.07, 6.45) is 4.42. The van der Waals surface area contributed by atoms with Gasteiger partial charge >= 0.3 is 6.01 Å². The summed E-state index contributed by atoms with van der Waals surface area (Å²) in [7, 11) is 0. The quantitative estimate of drug-likeness (QED) is 0.841. The summed E-state index contributed by atoms with van der Waals surface area (Å²) in [6, 6.07) is 0.0986. The van der Waals surface area contributed by atoms with Crippen LogP contribution in [0.4, 0.5) is 5.82 Å². The largest absolute Gasteiger partial charge is 0.421 e. The van der Waals surface area contributed by atoms with Crippen molar-refractivity contribution in [3.63, 3.8) is 0 Å². The molecular weight excluding hydrogens is 382 g/mol. The molecule has 144 valence electrons. The van der Waals surface area contributed by atoms with Gasteiger partial charge in [-0.1, -0.05) is 11.6 Å². The lowest BCUT2D eigenvalue weighted by molar-refractivity contribution is -0.129. The second kappa shape index (κ2) is 7.16. The molecule has 4 rings (SSSR count).